The second-order valence-corrected chi connectivity index (χ2v) is 7.43. The van der Waals surface area contributed by atoms with Gasteiger partial charge in [-0.25, -0.2) is 4.98 Å². The first kappa shape index (κ1) is 19.4. The molecule has 0 spiro atoms. The van der Waals surface area contributed by atoms with Crippen molar-refractivity contribution < 1.29 is 0 Å². The zero-order chi connectivity index (χ0) is 22.1. The number of imidazole rings is 1. The highest BCUT2D eigenvalue weighted by Crippen LogP contribution is 2.34. The van der Waals surface area contributed by atoms with Gasteiger partial charge >= 0.3 is 0 Å². The fourth-order valence-corrected chi connectivity index (χ4v) is 3.61. The molecule has 3 aromatic heterocycles. The first-order chi connectivity index (χ1) is 15.6. The Morgan fingerprint density at radius 1 is 0.906 bits per heavy atom. The largest absolute Gasteiger partial charge is 0.322 e. The molecule has 0 saturated carbocycles. The molecule has 5 rings (SSSR count). The van der Waals surface area contributed by atoms with Crippen LogP contribution in [0.15, 0.2) is 73.1 Å². The van der Waals surface area contributed by atoms with Crippen molar-refractivity contribution in [1.82, 2.24) is 24.9 Å². The van der Waals surface area contributed by atoms with Gasteiger partial charge in [0.05, 0.1) is 34.1 Å². The zero-order valence-electron chi connectivity index (χ0n) is 17.6. The molecule has 0 unspecified atom stereocenters. The molecule has 32 heavy (non-hydrogen) atoms. The quantitative estimate of drug-likeness (QED) is 0.441. The fourth-order valence-electron chi connectivity index (χ4n) is 3.61. The molecule has 7 heteroatoms. The number of nitriles is 1. The van der Waals surface area contributed by atoms with E-state index in [1.807, 2.05) is 73.5 Å². The van der Waals surface area contributed by atoms with E-state index in [4.69, 9.17) is 9.97 Å². The minimum atomic E-state index is 0.592. The Morgan fingerprint density at radius 3 is 2.53 bits per heavy atom. The average Bonchev–Trinajstić information content (AvgIpc) is 3.29. The summed E-state index contributed by atoms with van der Waals surface area (Å²) in [4.78, 5) is 23.8. The van der Waals surface area contributed by atoms with Crippen molar-refractivity contribution in [2.75, 3.05) is 11.9 Å². The fraction of sp³-hybridized carbons (Fsp3) is 0.0800. The van der Waals surface area contributed by atoms with Crippen molar-refractivity contribution >= 4 is 22.7 Å². The minimum Gasteiger partial charge on any atom is -0.322 e. The summed E-state index contributed by atoms with van der Waals surface area (Å²) in [7, 11) is 1.92. The van der Waals surface area contributed by atoms with E-state index in [0.717, 1.165) is 45.1 Å². The summed E-state index contributed by atoms with van der Waals surface area (Å²) in [6, 6.07) is 21.4. The van der Waals surface area contributed by atoms with E-state index in [-0.39, 0.29) is 0 Å². The van der Waals surface area contributed by atoms with Gasteiger partial charge in [0.15, 0.2) is 0 Å². The Balaban J connectivity index is 1.67. The van der Waals surface area contributed by atoms with Crippen LogP contribution in [0.5, 0.6) is 0 Å². The van der Waals surface area contributed by atoms with Crippen LogP contribution in [-0.2, 0) is 0 Å². The van der Waals surface area contributed by atoms with Crippen molar-refractivity contribution in [3.05, 3.63) is 84.3 Å². The maximum absolute atomic E-state index is 9.26. The number of benzene rings is 2. The third-order valence-corrected chi connectivity index (χ3v) is 5.26. The van der Waals surface area contributed by atoms with Crippen molar-refractivity contribution in [1.29, 1.82) is 5.26 Å². The predicted octanol–water partition coefficient (Wildman–Crippen LogP) is 5.03. The predicted molar refractivity (Wildman–Crippen MR) is 124 cm³/mol. The van der Waals surface area contributed by atoms with E-state index in [2.05, 4.69) is 21.0 Å². The first-order valence-electron chi connectivity index (χ1n) is 10.1. The van der Waals surface area contributed by atoms with Gasteiger partial charge in [0.25, 0.3) is 0 Å². The maximum atomic E-state index is 9.26. The number of aryl methyl sites for hydroxylation is 1. The molecule has 5 aromatic rings. The summed E-state index contributed by atoms with van der Waals surface area (Å²) < 4.78 is 0. The molecule has 0 aliphatic rings. The number of rotatable bonds is 4. The lowest BCUT2D eigenvalue weighted by atomic mass is 10.1. The van der Waals surface area contributed by atoms with Crippen LogP contribution >= 0.6 is 0 Å². The van der Waals surface area contributed by atoms with E-state index in [9.17, 15) is 5.26 Å². The molecule has 0 amide bonds. The lowest BCUT2D eigenvalue weighted by molar-refractivity contribution is 1.09. The summed E-state index contributed by atoms with van der Waals surface area (Å²) >= 11 is 0. The molecule has 0 aliphatic carbocycles. The van der Waals surface area contributed by atoms with Gasteiger partial charge in [-0.05, 0) is 49.4 Å². The number of fused-ring (bicyclic) bond motifs is 1. The second kappa shape index (κ2) is 7.93. The lowest BCUT2D eigenvalue weighted by Gasteiger charge is -2.16. The number of anilines is 2. The normalized spacial score (nSPS) is 10.8. The molecular formula is C25H19N7. The number of aromatic nitrogens is 5. The third kappa shape index (κ3) is 3.55. The lowest BCUT2D eigenvalue weighted by Crippen LogP contribution is -2.11. The second-order valence-electron chi connectivity index (χ2n) is 7.43. The van der Waals surface area contributed by atoms with Crippen LogP contribution in [0.2, 0.25) is 0 Å². The molecule has 154 valence electrons. The van der Waals surface area contributed by atoms with E-state index in [0.29, 0.717) is 11.5 Å². The smallest absolute Gasteiger partial charge is 0.208 e. The van der Waals surface area contributed by atoms with Gasteiger partial charge in [-0.2, -0.15) is 5.26 Å². The van der Waals surface area contributed by atoms with Crippen LogP contribution in [0.3, 0.4) is 0 Å². The van der Waals surface area contributed by atoms with E-state index >= 15 is 0 Å². The molecule has 7 nitrogen and oxygen atoms in total. The van der Waals surface area contributed by atoms with Crippen molar-refractivity contribution in [3.63, 3.8) is 0 Å². The van der Waals surface area contributed by atoms with E-state index in [1.54, 1.807) is 18.5 Å². The highest BCUT2D eigenvalue weighted by atomic mass is 15.2. The number of H-pyrrole nitrogens is 1. The Morgan fingerprint density at radius 2 is 1.72 bits per heavy atom. The zero-order valence-corrected chi connectivity index (χ0v) is 17.6. The Bertz CT molecular complexity index is 1480. The molecule has 0 bridgehead atoms. The molecule has 0 radical (unpaired) electrons. The van der Waals surface area contributed by atoms with Gasteiger partial charge in [-0.15, -0.1) is 0 Å². The number of pyridine rings is 1. The summed E-state index contributed by atoms with van der Waals surface area (Å²) in [5.74, 6) is 0.646. The Hall–Kier alpha value is -4.57. The molecule has 0 fully saturated rings. The van der Waals surface area contributed by atoms with Crippen LogP contribution in [0, 0.1) is 18.3 Å². The number of hydrogen-bond donors (Lipinski definition) is 1. The average molecular weight is 417 g/mol. The summed E-state index contributed by atoms with van der Waals surface area (Å²) in [5.41, 5.74) is 7.30. The standard InChI is InChI=1S/C25H19N7/c1-16-5-3-8-21(29-16)24-23(18-9-10-20-22(14-18)28-12-11-27-20)30-25(31-24)32(2)19-7-4-6-17(13-19)15-26/h3-14H,1-2H3,(H,30,31). The molecule has 0 aliphatic heterocycles. The van der Waals surface area contributed by atoms with E-state index in [1.165, 1.54) is 0 Å². The van der Waals surface area contributed by atoms with Crippen LogP contribution in [0.4, 0.5) is 11.6 Å². The highest BCUT2D eigenvalue weighted by molar-refractivity contribution is 5.85. The molecule has 3 heterocycles. The van der Waals surface area contributed by atoms with Crippen LogP contribution < -0.4 is 4.90 Å². The summed E-state index contributed by atoms with van der Waals surface area (Å²) in [6.45, 7) is 1.96. The van der Waals surface area contributed by atoms with Gasteiger partial charge in [0.1, 0.15) is 5.69 Å². The third-order valence-electron chi connectivity index (χ3n) is 5.26. The molecule has 2 aromatic carbocycles. The monoisotopic (exact) mass is 417 g/mol. The SMILES string of the molecule is Cc1cccc(-c2[nH]c(N(C)c3cccc(C#N)c3)nc2-c2ccc3nccnc3c2)n1. The number of nitrogens with one attached hydrogen (secondary N) is 1. The topological polar surface area (TPSA) is 94.4 Å². The van der Waals surface area contributed by atoms with Gasteiger partial charge in [0.2, 0.25) is 5.95 Å². The van der Waals surface area contributed by atoms with Crippen molar-refractivity contribution in [3.8, 4) is 28.7 Å². The number of nitrogens with zero attached hydrogens (tertiary/aromatic N) is 6. The van der Waals surface area contributed by atoms with E-state index < -0.39 is 0 Å². The van der Waals surface area contributed by atoms with Gasteiger partial charge in [0, 0.05) is 36.4 Å². The van der Waals surface area contributed by atoms with Crippen molar-refractivity contribution in [2.24, 2.45) is 0 Å². The first-order valence-corrected chi connectivity index (χ1v) is 10.1. The van der Waals surface area contributed by atoms with Crippen LogP contribution in [0.1, 0.15) is 11.3 Å². The van der Waals surface area contributed by atoms with Gasteiger partial charge in [-0.1, -0.05) is 18.2 Å². The summed E-state index contributed by atoms with van der Waals surface area (Å²) in [6.07, 6.45) is 3.36. The Labute approximate surface area is 185 Å². The van der Waals surface area contributed by atoms with Crippen LogP contribution in [0.25, 0.3) is 33.7 Å². The molecular weight excluding hydrogens is 398 g/mol. The van der Waals surface area contributed by atoms with Crippen LogP contribution in [-0.4, -0.2) is 32.0 Å². The van der Waals surface area contributed by atoms with Crippen molar-refractivity contribution in [2.45, 2.75) is 6.92 Å². The minimum absolute atomic E-state index is 0.592. The molecule has 0 atom stereocenters. The molecule has 1 N–H and O–H groups in total. The summed E-state index contributed by atoms with van der Waals surface area (Å²) in [5, 5.41) is 9.26. The Kier molecular flexibility index (Phi) is 4.81. The van der Waals surface area contributed by atoms with Gasteiger partial charge in [-0.3, -0.25) is 15.0 Å². The maximum Gasteiger partial charge on any atom is 0.208 e. The molecule has 0 saturated heterocycles. The van der Waals surface area contributed by atoms with Gasteiger partial charge < -0.3 is 9.88 Å². The number of aromatic amines is 1. The number of hydrogen-bond acceptors (Lipinski definition) is 6. The highest BCUT2D eigenvalue weighted by Gasteiger charge is 2.19.